The molecule has 1 amide bonds. The summed E-state index contributed by atoms with van der Waals surface area (Å²) >= 11 is 0. The SMILES string of the molecule is COCCc1ccccc1NC(=O)C(C)CN. The Bertz CT molecular complexity index is 366. The van der Waals surface area contributed by atoms with Crippen LogP contribution in [0.4, 0.5) is 5.69 Å². The number of amides is 1. The number of hydrogen-bond acceptors (Lipinski definition) is 3. The van der Waals surface area contributed by atoms with Gasteiger partial charge in [-0.15, -0.1) is 0 Å². The predicted octanol–water partition coefficient (Wildman–Crippen LogP) is 1.41. The number of rotatable bonds is 6. The molecule has 4 heteroatoms. The lowest BCUT2D eigenvalue weighted by Crippen LogP contribution is -2.27. The number of nitrogens with one attached hydrogen (secondary N) is 1. The largest absolute Gasteiger partial charge is 0.384 e. The van der Waals surface area contributed by atoms with E-state index < -0.39 is 0 Å². The number of carbonyl (C=O) groups excluding carboxylic acids is 1. The van der Waals surface area contributed by atoms with Crippen molar-refractivity contribution >= 4 is 11.6 Å². The topological polar surface area (TPSA) is 64.3 Å². The molecule has 1 aromatic carbocycles. The van der Waals surface area contributed by atoms with Crippen LogP contribution < -0.4 is 11.1 Å². The highest BCUT2D eigenvalue weighted by Gasteiger charge is 2.12. The summed E-state index contributed by atoms with van der Waals surface area (Å²) in [7, 11) is 1.66. The maximum absolute atomic E-state index is 11.7. The highest BCUT2D eigenvalue weighted by atomic mass is 16.5. The molecular formula is C13H20N2O2. The summed E-state index contributed by atoms with van der Waals surface area (Å²) in [4.78, 5) is 11.7. The van der Waals surface area contributed by atoms with Crippen LogP contribution in [-0.4, -0.2) is 26.2 Å². The number of anilines is 1. The number of para-hydroxylation sites is 1. The van der Waals surface area contributed by atoms with E-state index in [1.165, 1.54) is 0 Å². The molecule has 1 aromatic rings. The van der Waals surface area contributed by atoms with Gasteiger partial charge in [0.1, 0.15) is 0 Å². The van der Waals surface area contributed by atoms with Crippen LogP contribution in [0.1, 0.15) is 12.5 Å². The van der Waals surface area contributed by atoms with E-state index in [1.54, 1.807) is 7.11 Å². The molecule has 0 aliphatic rings. The standard InChI is InChI=1S/C13H20N2O2/c1-10(9-14)13(16)15-12-6-4-3-5-11(12)7-8-17-2/h3-6,10H,7-9,14H2,1-2H3,(H,15,16). The molecule has 1 unspecified atom stereocenters. The fourth-order valence-corrected chi connectivity index (χ4v) is 1.44. The molecule has 17 heavy (non-hydrogen) atoms. The van der Waals surface area contributed by atoms with Crippen LogP contribution in [0.2, 0.25) is 0 Å². The molecule has 0 aromatic heterocycles. The van der Waals surface area contributed by atoms with E-state index in [9.17, 15) is 4.79 Å². The van der Waals surface area contributed by atoms with Crippen LogP contribution >= 0.6 is 0 Å². The quantitative estimate of drug-likeness (QED) is 0.785. The fraction of sp³-hybridized carbons (Fsp3) is 0.462. The van der Waals surface area contributed by atoms with Gasteiger partial charge < -0.3 is 15.8 Å². The second-order valence-electron chi connectivity index (χ2n) is 4.03. The van der Waals surface area contributed by atoms with Gasteiger partial charge in [-0.3, -0.25) is 4.79 Å². The Morgan fingerprint density at radius 1 is 1.47 bits per heavy atom. The van der Waals surface area contributed by atoms with Gasteiger partial charge in [0.05, 0.1) is 6.61 Å². The summed E-state index contributed by atoms with van der Waals surface area (Å²) in [6.45, 7) is 2.80. The van der Waals surface area contributed by atoms with Gasteiger partial charge in [0.2, 0.25) is 5.91 Å². The van der Waals surface area contributed by atoms with Gasteiger partial charge in [0.15, 0.2) is 0 Å². The van der Waals surface area contributed by atoms with Crippen molar-refractivity contribution in [2.75, 3.05) is 25.6 Å². The van der Waals surface area contributed by atoms with Crippen molar-refractivity contribution < 1.29 is 9.53 Å². The fourth-order valence-electron chi connectivity index (χ4n) is 1.44. The summed E-state index contributed by atoms with van der Waals surface area (Å²) in [6.07, 6.45) is 0.782. The molecule has 3 N–H and O–H groups in total. The molecule has 94 valence electrons. The van der Waals surface area contributed by atoms with Crippen molar-refractivity contribution in [1.29, 1.82) is 0 Å². The van der Waals surface area contributed by atoms with E-state index >= 15 is 0 Å². The minimum absolute atomic E-state index is 0.0441. The minimum Gasteiger partial charge on any atom is -0.384 e. The maximum Gasteiger partial charge on any atom is 0.228 e. The normalized spacial score (nSPS) is 12.2. The zero-order valence-corrected chi connectivity index (χ0v) is 10.4. The molecule has 0 fully saturated rings. The lowest BCUT2D eigenvalue weighted by atomic mass is 10.1. The average Bonchev–Trinajstić information content (AvgIpc) is 2.36. The first-order valence-electron chi connectivity index (χ1n) is 5.76. The summed E-state index contributed by atoms with van der Waals surface area (Å²) in [6, 6.07) is 7.74. The summed E-state index contributed by atoms with van der Waals surface area (Å²) in [5.74, 6) is -0.220. The highest BCUT2D eigenvalue weighted by molar-refractivity contribution is 5.93. The van der Waals surface area contributed by atoms with Gasteiger partial charge in [-0.05, 0) is 18.1 Å². The molecular weight excluding hydrogens is 216 g/mol. The van der Waals surface area contributed by atoms with Gasteiger partial charge in [0.25, 0.3) is 0 Å². The van der Waals surface area contributed by atoms with E-state index in [-0.39, 0.29) is 11.8 Å². The third-order valence-corrected chi connectivity index (χ3v) is 2.65. The number of benzene rings is 1. The van der Waals surface area contributed by atoms with Crippen LogP contribution in [0.15, 0.2) is 24.3 Å². The molecule has 1 atom stereocenters. The first-order valence-corrected chi connectivity index (χ1v) is 5.76. The summed E-state index contributed by atoms with van der Waals surface area (Å²) in [5, 5.41) is 2.90. The van der Waals surface area contributed by atoms with Crippen molar-refractivity contribution in [3.63, 3.8) is 0 Å². The first kappa shape index (κ1) is 13.7. The average molecular weight is 236 g/mol. The molecule has 0 saturated carbocycles. The highest BCUT2D eigenvalue weighted by Crippen LogP contribution is 2.16. The van der Waals surface area contributed by atoms with Crippen LogP contribution in [0.25, 0.3) is 0 Å². The lowest BCUT2D eigenvalue weighted by Gasteiger charge is -2.13. The zero-order chi connectivity index (χ0) is 12.7. The molecule has 0 aliphatic carbocycles. The zero-order valence-electron chi connectivity index (χ0n) is 10.4. The van der Waals surface area contributed by atoms with Crippen LogP contribution in [0.3, 0.4) is 0 Å². The predicted molar refractivity (Wildman–Crippen MR) is 68.9 cm³/mol. The molecule has 0 bridgehead atoms. The third-order valence-electron chi connectivity index (χ3n) is 2.65. The molecule has 4 nitrogen and oxygen atoms in total. The van der Waals surface area contributed by atoms with E-state index in [4.69, 9.17) is 10.5 Å². The van der Waals surface area contributed by atoms with E-state index in [1.807, 2.05) is 31.2 Å². The van der Waals surface area contributed by atoms with Crippen LogP contribution in [-0.2, 0) is 16.0 Å². The second-order valence-corrected chi connectivity index (χ2v) is 4.03. The Morgan fingerprint density at radius 3 is 2.82 bits per heavy atom. The van der Waals surface area contributed by atoms with Crippen molar-refractivity contribution in [1.82, 2.24) is 0 Å². The number of hydrogen-bond donors (Lipinski definition) is 2. The number of carbonyl (C=O) groups is 1. The van der Waals surface area contributed by atoms with Gasteiger partial charge in [-0.1, -0.05) is 25.1 Å². The maximum atomic E-state index is 11.7. The van der Waals surface area contributed by atoms with Crippen molar-refractivity contribution in [3.05, 3.63) is 29.8 Å². The van der Waals surface area contributed by atoms with Crippen molar-refractivity contribution in [2.45, 2.75) is 13.3 Å². The van der Waals surface area contributed by atoms with Gasteiger partial charge in [-0.2, -0.15) is 0 Å². The Kier molecular flexibility index (Phi) is 5.66. The van der Waals surface area contributed by atoms with Gasteiger partial charge >= 0.3 is 0 Å². The first-order chi connectivity index (χ1) is 8.19. The Hall–Kier alpha value is -1.39. The summed E-state index contributed by atoms with van der Waals surface area (Å²) < 4.78 is 5.04. The van der Waals surface area contributed by atoms with Gasteiger partial charge in [0, 0.05) is 25.3 Å². The minimum atomic E-state index is -0.175. The third kappa shape index (κ3) is 4.17. The smallest absolute Gasteiger partial charge is 0.228 e. The monoisotopic (exact) mass is 236 g/mol. The molecule has 0 radical (unpaired) electrons. The summed E-state index contributed by atoms with van der Waals surface area (Å²) in [5.41, 5.74) is 7.38. The second kappa shape index (κ2) is 7.04. The van der Waals surface area contributed by atoms with Crippen molar-refractivity contribution in [2.24, 2.45) is 11.7 Å². The Labute approximate surface area is 102 Å². The van der Waals surface area contributed by atoms with E-state index in [2.05, 4.69) is 5.32 Å². The number of ether oxygens (including phenoxy) is 1. The molecule has 0 aliphatic heterocycles. The molecule has 0 spiro atoms. The number of methoxy groups -OCH3 is 1. The molecule has 1 rings (SSSR count). The number of nitrogens with two attached hydrogens (primary N) is 1. The van der Waals surface area contributed by atoms with E-state index in [0.717, 1.165) is 17.7 Å². The van der Waals surface area contributed by atoms with Crippen LogP contribution in [0.5, 0.6) is 0 Å². The van der Waals surface area contributed by atoms with Crippen molar-refractivity contribution in [3.8, 4) is 0 Å². The van der Waals surface area contributed by atoms with Gasteiger partial charge in [-0.25, -0.2) is 0 Å². The Morgan fingerprint density at radius 2 is 2.18 bits per heavy atom. The molecule has 0 heterocycles. The van der Waals surface area contributed by atoms with Crippen LogP contribution in [0, 0.1) is 5.92 Å². The Balaban J connectivity index is 2.72. The molecule has 0 saturated heterocycles. The lowest BCUT2D eigenvalue weighted by molar-refractivity contribution is -0.119. The van der Waals surface area contributed by atoms with E-state index in [0.29, 0.717) is 13.2 Å².